The number of aromatic carboxylic acids is 1. The molecule has 0 unspecified atom stereocenters. The van der Waals surface area contributed by atoms with Crippen LogP contribution in [0.1, 0.15) is 27.9 Å². The first kappa shape index (κ1) is 18.2. The molecule has 0 aliphatic rings. The van der Waals surface area contributed by atoms with Gasteiger partial charge < -0.3 is 15.2 Å². The lowest BCUT2D eigenvalue weighted by Crippen LogP contribution is -2.24. The lowest BCUT2D eigenvalue weighted by molar-refractivity contribution is 0.0691. The van der Waals surface area contributed by atoms with E-state index in [9.17, 15) is 14.0 Å². The maximum atomic E-state index is 13.5. The Balaban J connectivity index is 1.76. The van der Waals surface area contributed by atoms with Gasteiger partial charge in [0.05, 0.1) is 0 Å². The summed E-state index contributed by atoms with van der Waals surface area (Å²) in [5, 5.41) is 11.6. The summed E-state index contributed by atoms with van der Waals surface area (Å²) in [7, 11) is 0. The molecule has 0 fully saturated rings. The first-order chi connectivity index (χ1) is 12.1. The maximum absolute atomic E-state index is 13.5. The van der Waals surface area contributed by atoms with Crippen molar-refractivity contribution in [3.63, 3.8) is 0 Å². The number of nitrogens with one attached hydrogen (secondary N) is 1. The fourth-order valence-corrected chi connectivity index (χ4v) is 2.15. The number of ether oxygens (including phenoxy) is 1. The van der Waals surface area contributed by atoms with Crippen LogP contribution in [-0.4, -0.2) is 23.7 Å². The van der Waals surface area contributed by atoms with E-state index in [0.717, 1.165) is 11.6 Å². The molecule has 0 aliphatic heterocycles. The zero-order valence-electron chi connectivity index (χ0n) is 13.4. The molecule has 25 heavy (non-hydrogen) atoms. The van der Waals surface area contributed by atoms with Crippen LogP contribution in [0.2, 0.25) is 0 Å². The van der Waals surface area contributed by atoms with Crippen LogP contribution in [0.4, 0.5) is 9.18 Å². The summed E-state index contributed by atoms with van der Waals surface area (Å²) in [6.45, 7) is 0.510. The van der Waals surface area contributed by atoms with E-state index in [1.807, 2.05) is 30.3 Å². The van der Waals surface area contributed by atoms with Gasteiger partial charge in [-0.3, -0.25) is 0 Å². The minimum absolute atomic E-state index is 0.188. The Bertz CT molecular complexity index is 759. The molecule has 1 amide bonds. The van der Waals surface area contributed by atoms with Crippen LogP contribution < -0.4 is 5.32 Å². The molecule has 5 nitrogen and oxygen atoms in total. The van der Waals surface area contributed by atoms with Gasteiger partial charge in [0.15, 0.2) is 0 Å². The van der Waals surface area contributed by atoms with Gasteiger partial charge in [0.25, 0.3) is 0 Å². The van der Waals surface area contributed by atoms with Gasteiger partial charge in [-0.2, -0.15) is 0 Å². The van der Waals surface area contributed by atoms with Crippen molar-refractivity contribution in [3.05, 3.63) is 77.1 Å². The molecule has 0 bridgehead atoms. The normalized spacial score (nSPS) is 10.6. The second-order valence-corrected chi connectivity index (χ2v) is 5.19. The second kappa shape index (κ2) is 9.22. The van der Waals surface area contributed by atoms with E-state index in [2.05, 4.69) is 5.32 Å². The van der Waals surface area contributed by atoms with Crippen LogP contribution in [-0.2, 0) is 11.3 Å². The zero-order chi connectivity index (χ0) is 18.1. The molecule has 6 heteroatoms. The molecule has 0 atom stereocenters. The molecule has 0 saturated heterocycles. The molecule has 0 saturated carbocycles. The van der Waals surface area contributed by atoms with Gasteiger partial charge in [0.1, 0.15) is 18.0 Å². The van der Waals surface area contributed by atoms with Crippen molar-refractivity contribution < 1.29 is 23.8 Å². The van der Waals surface area contributed by atoms with Crippen molar-refractivity contribution in [3.8, 4) is 0 Å². The Morgan fingerprint density at radius 1 is 1.12 bits per heavy atom. The molecule has 0 heterocycles. The van der Waals surface area contributed by atoms with Gasteiger partial charge >= 0.3 is 12.1 Å². The van der Waals surface area contributed by atoms with Crippen LogP contribution in [0.3, 0.4) is 0 Å². The van der Waals surface area contributed by atoms with Crippen molar-refractivity contribution in [2.75, 3.05) is 6.54 Å². The highest BCUT2D eigenvalue weighted by molar-refractivity contribution is 5.92. The lowest BCUT2D eigenvalue weighted by Gasteiger charge is -2.06. The SMILES string of the molecule is O=C(NCCC=Cc1cccc(F)c1C(=O)O)OCc1ccccc1. The van der Waals surface area contributed by atoms with Gasteiger partial charge in [-0.05, 0) is 23.6 Å². The van der Waals surface area contributed by atoms with Crippen molar-refractivity contribution >= 4 is 18.1 Å². The Morgan fingerprint density at radius 2 is 1.88 bits per heavy atom. The first-order valence-electron chi connectivity index (χ1n) is 7.71. The first-order valence-corrected chi connectivity index (χ1v) is 7.71. The molecule has 0 aliphatic carbocycles. The van der Waals surface area contributed by atoms with E-state index in [1.165, 1.54) is 18.2 Å². The van der Waals surface area contributed by atoms with Crippen LogP contribution in [0, 0.1) is 5.82 Å². The number of amides is 1. The minimum atomic E-state index is -1.32. The smallest absolute Gasteiger partial charge is 0.407 e. The summed E-state index contributed by atoms with van der Waals surface area (Å²) in [5.41, 5.74) is 0.804. The number of rotatable bonds is 7. The monoisotopic (exact) mass is 343 g/mol. The van der Waals surface area contributed by atoms with E-state index in [-0.39, 0.29) is 17.7 Å². The average molecular weight is 343 g/mol. The third-order valence-electron chi connectivity index (χ3n) is 3.35. The summed E-state index contributed by atoms with van der Waals surface area (Å²) in [6, 6.07) is 13.4. The quantitative estimate of drug-likeness (QED) is 0.749. The third kappa shape index (κ3) is 5.76. The largest absolute Gasteiger partial charge is 0.478 e. The van der Waals surface area contributed by atoms with Gasteiger partial charge in [0, 0.05) is 6.54 Å². The Hall–Kier alpha value is -3.15. The van der Waals surface area contributed by atoms with Crippen molar-refractivity contribution in [2.24, 2.45) is 0 Å². The fourth-order valence-electron chi connectivity index (χ4n) is 2.15. The molecule has 0 aromatic heterocycles. The molecule has 2 N–H and O–H groups in total. The Morgan fingerprint density at radius 3 is 2.60 bits per heavy atom. The third-order valence-corrected chi connectivity index (χ3v) is 3.35. The maximum Gasteiger partial charge on any atom is 0.407 e. The topological polar surface area (TPSA) is 75.6 Å². The predicted octanol–water partition coefficient (Wildman–Crippen LogP) is 3.85. The van der Waals surface area contributed by atoms with E-state index < -0.39 is 17.9 Å². The lowest BCUT2D eigenvalue weighted by atomic mass is 10.1. The average Bonchev–Trinajstić information content (AvgIpc) is 2.60. The predicted molar refractivity (Wildman–Crippen MR) is 91.6 cm³/mol. The highest BCUT2D eigenvalue weighted by atomic mass is 19.1. The summed E-state index contributed by atoms with van der Waals surface area (Å²) >= 11 is 0. The van der Waals surface area contributed by atoms with E-state index >= 15 is 0 Å². The number of carboxylic acid groups (broad SMARTS) is 1. The summed E-state index contributed by atoms with van der Waals surface area (Å²) in [6.07, 6.45) is 3.10. The minimum Gasteiger partial charge on any atom is -0.478 e. The number of carboxylic acids is 1. The number of carbonyl (C=O) groups is 2. The fraction of sp³-hybridized carbons (Fsp3) is 0.158. The number of alkyl carbamates (subject to hydrolysis) is 1. The molecule has 130 valence electrons. The highest BCUT2D eigenvalue weighted by Gasteiger charge is 2.13. The Kier molecular flexibility index (Phi) is 6.71. The van der Waals surface area contributed by atoms with Gasteiger partial charge in [-0.25, -0.2) is 14.0 Å². The van der Waals surface area contributed by atoms with E-state index in [0.29, 0.717) is 13.0 Å². The summed E-state index contributed by atoms with van der Waals surface area (Å²) < 4.78 is 18.6. The molecular formula is C19H18FNO4. The molecule has 2 aromatic rings. The molecule has 2 aromatic carbocycles. The van der Waals surface area contributed by atoms with Crippen LogP contribution in [0.15, 0.2) is 54.6 Å². The highest BCUT2D eigenvalue weighted by Crippen LogP contribution is 2.15. The molecular weight excluding hydrogens is 325 g/mol. The zero-order valence-corrected chi connectivity index (χ0v) is 13.4. The van der Waals surface area contributed by atoms with Crippen molar-refractivity contribution in [1.82, 2.24) is 5.32 Å². The number of hydrogen-bond acceptors (Lipinski definition) is 3. The number of hydrogen-bond donors (Lipinski definition) is 2. The molecule has 2 rings (SSSR count). The number of halogens is 1. The van der Waals surface area contributed by atoms with Crippen LogP contribution >= 0.6 is 0 Å². The van der Waals surface area contributed by atoms with E-state index in [1.54, 1.807) is 6.08 Å². The summed E-state index contributed by atoms with van der Waals surface area (Å²) in [5.74, 6) is -2.10. The Labute approximate surface area is 144 Å². The number of benzene rings is 2. The molecule has 0 spiro atoms. The van der Waals surface area contributed by atoms with Gasteiger partial charge in [0.2, 0.25) is 0 Å². The van der Waals surface area contributed by atoms with E-state index in [4.69, 9.17) is 9.84 Å². The van der Waals surface area contributed by atoms with Crippen molar-refractivity contribution in [1.29, 1.82) is 0 Å². The number of carbonyl (C=O) groups excluding carboxylic acids is 1. The van der Waals surface area contributed by atoms with Crippen LogP contribution in [0.5, 0.6) is 0 Å². The van der Waals surface area contributed by atoms with Gasteiger partial charge in [-0.1, -0.05) is 54.6 Å². The molecule has 0 radical (unpaired) electrons. The standard InChI is InChI=1S/C19H18FNO4/c20-16-11-6-10-15(17(16)18(22)23)9-4-5-12-21-19(24)25-13-14-7-2-1-3-8-14/h1-4,6-11H,5,12-13H2,(H,21,24)(H,22,23). The van der Waals surface area contributed by atoms with Crippen molar-refractivity contribution in [2.45, 2.75) is 13.0 Å². The van der Waals surface area contributed by atoms with Crippen LogP contribution in [0.25, 0.3) is 6.08 Å². The summed E-state index contributed by atoms with van der Waals surface area (Å²) in [4.78, 5) is 22.6. The second-order valence-electron chi connectivity index (χ2n) is 5.19. The van der Waals surface area contributed by atoms with Gasteiger partial charge in [-0.15, -0.1) is 0 Å².